The van der Waals surface area contributed by atoms with Crippen molar-refractivity contribution in [2.75, 3.05) is 5.75 Å². The Balaban J connectivity index is 1.22. The molecule has 1 heterocycles. The van der Waals surface area contributed by atoms with Gasteiger partial charge in [-0.1, -0.05) is 48.2 Å². The molecular weight excluding hydrogens is 368 g/mol. The number of carbonyl (C=O) groups is 1. The summed E-state index contributed by atoms with van der Waals surface area (Å²) in [5, 5.41) is 15.2. The van der Waals surface area contributed by atoms with Crippen LogP contribution in [0.2, 0.25) is 0 Å². The van der Waals surface area contributed by atoms with Crippen molar-refractivity contribution in [1.29, 1.82) is 0 Å². The van der Waals surface area contributed by atoms with E-state index < -0.39 is 0 Å². The molecule has 2 aliphatic rings. The number of thioether (sulfide) groups is 1. The summed E-state index contributed by atoms with van der Waals surface area (Å²) in [5.41, 5.74) is 1.12. The van der Waals surface area contributed by atoms with Crippen molar-refractivity contribution in [3.05, 3.63) is 53.9 Å². The molecule has 0 bridgehead atoms. The van der Waals surface area contributed by atoms with Crippen molar-refractivity contribution in [2.45, 2.75) is 55.8 Å². The second kappa shape index (κ2) is 7.24. The van der Waals surface area contributed by atoms with Gasteiger partial charge in [-0.25, -0.2) is 0 Å². The highest BCUT2D eigenvalue weighted by Gasteiger charge is 2.36. The predicted octanol–water partition coefficient (Wildman–Crippen LogP) is 4.61. The molecule has 5 rings (SSSR count). The van der Waals surface area contributed by atoms with Crippen LogP contribution in [0.3, 0.4) is 0 Å². The molecule has 2 fully saturated rings. The molecule has 3 aromatic rings. The van der Waals surface area contributed by atoms with Gasteiger partial charge in [-0.2, -0.15) is 0 Å². The second-order valence-electron chi connectivity index (χ2n) is 7.90. The van der Waals surface area contributed by atoms with Gasteiger partial charge in [0.2, 0.25) is 5.91 Å². The third-order valence-corrected chi connectivity index (χ3v) is 6.47. The zero-order chi connectivity index (χ0) is 19.1. The fraction of sp³-hybridized carbons (Fsp3) is 0.409. The van der Waals surface area contributed by atoms with E-state index in [1.165, 1.54) is 48.2 Å². The van der Waals surface area contributed by atoms with E-state index in [4.69, 9.17) is 0 Å². The molecule has 2 aliphatic carbocycles. The summed E-state index contributed by atoms with van der Waals surface area (Å²) in [6.45, 7) is 2.03. The lowest BCUT2D eigenvalue weighted by Crippen LogP contribution is -2.28. The average Bonchev–Trinajstić information content (AvgIpc) is 3.64. The maximum atomic E-state index is 12.5. The van der Waals surface area contributed by atoms with E-state index in [1.54, 1.807) is 0 Å². The van der Waals surface area contributed by atoms with E-state index in [2.05, 4.69) is 50.4 Å². The second-order valence-corrected chi connectivity index (χ2v) is 8.84. The first-order valence-corrected chi connectivity index (χ1v) is 11.0. The largest absolute Gasteiger partial charge is 0.349 e. The molecular formula is C22H24N4OS. The van der Waals surface area contributed by atoms with Crippen LogP contribution >= 0.6 is 11.8 Å². The summed E-state index contributed by atoms with van der Waals surface area (Å²) in [5.74, 6) is 2.12. The Morgan fingerprint density at radius 2 is 1.93 bits per heavy atom. The summed E-state index contributed by atoms with van der Waals surface area (Å²) in [4.78, 5) is 12.5. The third kappa shape index (κ3) is 3.65. The van der Waals surface area contributed by atoms with Gasteiger partial charge >= 0.3 is 0 Å². The SMILES string of the molecule is CC(NC(=O)CSc1nnc(C2CC2)n1C1CC1)c1ccc2ccccc2c1. The molecule has 1 aromatic heterocycles. The molecule has 28 heavy (non-hydrogen) atoms. The van der Waals surface area contributed by atoms with Crippen LogP contribution in [0.4, 0.5) is 0 Å². The molecule has 0 radical (unpaired) electrons. The van der Waals surface area contributed by atoms with Gasteiger partial charge in [0.15, 0.2) is 5.16 Å². The zero-order valence-electron chi connectivity index (χ0n) is 16.0. The quantitative estimate of drug-likeness (QED) is 0.596. The van der Waals surface area contributed by atoms with Crippen LogP contribution in [-0.2, 0) is 4.79 Å². The van der Waals surface area contributed by atoms with Crippen molar-refractivity contribution >= 4 is 28.4 Å². The van der Waals surface area contributed by atoms with Gasteiger partial charge in [0.05, 0.1) is 11.8 Å². The van der Waals surface area contributed by atoms with Gasteiger partial charge < -0.3 is 9.88 Å². The van der Waals surface area contributed by atoms with Crippen LogP contribution in [0, 0.1) is 0 Å². The van der Waals surface area contributed by atoms with Crippen LogP contribution in [0.1, 0.15) is 62.0 Å². The zero-order valence-corrected chi connectivity index (χ0v) is 16.8. The van der Waals surface area contributed by atoms with Crippen LogP contribution < -0.4 is 5.32 Å². The van der Waals surface area contributed by atoms with E-state index in [-0.39, 0.29) is 11.9 Å². The molecule has 1 atom stereocenters. The number of amides is 1. The summed E-state index contributed by atoms with van der Waals surface area (Å²) in [7, 11) is 0. The lowest BCUT2D eigenvalue weighted by molar-refractivity contribution is -0.119. The fourth-order valence-electron chi connectivity index (χ4n) is 3.66. The Hall–Kier alpha value is -2.34. The molecule has 1 amide bonds. The highest BCUT2D eigenvalue weighted by atomic mass is 32.2. The first-order valence-electron chi connectivity index (χ1n) is 10.0. The topological polar surface area (TPSA) is 59.8 Å². The normalized spacial score (nSPS) is 17.6. The Bertz CT molecular complexity index is 1020. The molecule has 2 aromatic carbocycles. The number of aromatic nitrogens is 3. The van der Waals surface area contributed by atoms with E-state index in [0.29, 0.717) is 17.7 Å². The summed E-state index contributed by atoms with van der Waals surface area (Å²) in [6, 6.07) is 15.2. The maximum Gasteiger partial charge on any atom is 0.230 e. The lowest BCUT2D eigenvalue weighted by Gasteiger charge is -2.15. The first-order chi connectivity index (χ1) is 13.7. The molecule has 144 valence electrons. The van der Waals surface area contributed by atoms with Crippen molar-refractivity contribution in [2.24, 2.45) is 0 Å². The molecule has 0 spiro atoms. The molecule has 1 unspecified atom stereocenters. The van der Waals surface area contributed by atoms with Crippen LogP contribution in [0.5, 0.6) is 0 Å². The first kappa shape index (κ1) is 17.7. The van der Waals surface area contributed by atoms with E-state index >= 15 is 0 Å². The van der Waals surface area contributed by atoms with E-state index in [0.717, 1.165) is 16.5 Å². The minimum atomic E-state index is -0.0268. The van der Waals surface area contributed by atoms with Gasteiger partial charge in [-0.3, -0.25) is 4.79 Å². The monoisotopic (exact) mass is 392 g/mol. The maximum absolute atomic E-state index is 12.5. The number of nitrogens with zero attached hydrogens (tertiary/aromatic N) is 3. The summed E-state index contributed by atoms with van der Waals surface area (Å²) in [6.07, 6.45) is 4.85. The molecule has 5 nitrogen and oxygen atoms in total. The lowest BCUT2D eigenvalue weighted by atomic mass is 10.0. The number of hydrogen-bond acceptors (Lipinski definition) is 4. The highest BCUT2D eigenvalue weighted by molar-refractivity contribution is 7.99. The van der Waals surface area contributed by atoms with Crippen molar-refractivity contribution in [1.82, 2.24) is 20.1 Å². The Morgan fingerprint density at radius 3 is 2.68 bits per heavy atom. The summed E-state index contributed by atoms with van der Waals surface area (Å²) < 4.78 is 2.29. The van der Waals surface area contributed by atoms with Gasteiger partial charge in [-0.05, 0) is 55.0 Å². The molecule has 6 heteroatoms. The number of benzene rings is 2. The molecule has 0 saturated heterocycles. The van der Waals surface area contributed by atoms with Crippen molar-refractivity contribution < 1.29 is 4.79 Å². The van der Waals surface area contributed by atoms with Gasteiger partial charge in [0, 0.05) is 12.0 Å². The van der Waals surface area contributed by atoms with Crippen LogP contribution in [0.15, 0.2) is 47.6 Å². The minimum Gasteiger partial charge on any atom is -0.349 e. The Labute approximate surface area is 168 Å². The van der Waals surface area contributed by atoms with E-state index in [9.17, 15) is 4.79 Å². The van der Waals surface area contributed by atoms with Crippen molar-refractivity contribution in [3.63, 3.8) is 0 Å². The van der Waals surface area contributed by atoms with Crippen LogP contribution in [-0.4, -0.2) is 26.4 Å². The molecule has 1 N–H and O–H groups in total. The minimum absolute atomic E-state index is 0.0268. The number of hydrogen-bond donors (Lipinski definition) is 1. The fourth-order valence-corrected chi connectivity index (χ4v) is 4.48. The summed E-state index contributed by atoms with van der Waals surface area (Å²) >= 11 is 1.51. The molecule has 2 saturated carbocycles. The number of fused-ring (bicyclic) bond motifs is 1. The van der Waals surface area contributed by atoms with Crippen LogP contribution in [0.25, 0.3) is 10.8 Å². The Morgan fingerprint density at radius 1 is 1.14 bits per heavy atom. The standard InChI is InChI=1S/C22H24N4OS/c1-14(17-9-6-15-4-2-3-5-18(15)12-17)23-20(27)13-28-22-25-24-21(16-7-8-16)26(22)19-10-11-19/h2-6,9,12,14,16,19H,7-8,10-11,13H2,1H3,(H,23,27). The smallest absolute Gasteiger partial charge is 0.230 e. The third-order valence-electron chi connectivity index (χ3n) is 5.53. The van der Waals surface area contributed by atoms with Crippen molar-refractivity contribution in [3.8, 4) is 0 Å². The number of rotatable bonds is 7. The van der Waals surface area contributed by atoms with Gasteiger partial charge in [0.1, 0.15) is 5.82 Å². The predicted molar refractivity (Wildman–Crippen MR) is 111 cm³/mol. The average molecular weight is 393 g/mol. The van der Waals surface area contributed by atoms with Gasteiger partial charge in [0.25, 0.3) is 0 Å². The number of nitrogens with one attached hydrogen (secondary N) is 1. The highest BCUT2D eigenvalue weighted by Crippen LogP contribution is 2.45. The number of carbonyl (C=O) groups excluding carboxylic acids is 1. The van der Waals surface area contributed by atoms with Gasteiger partial charge in [-0.15, -0.1) is 10.2 Å². The van der Waals surface area contributed by atoms with E-state index in [1.807, 2.05) is 19.1 Å². The Kier molecular flexibility index (Phi) is 4.59. The molecule has 0 aliphatic heterocycles.